The van der Waals surface area contributed by atoms with E-state index in [0.29, 0.717) is 13.1 Å². The highest BCUT2D eigenvalue weighted by Crippen LogP contribution is 2.10. The molecule has 0 aromatic carbocycles. The molecule has 0 aromatic heterocycles. The molecule has 1 unspecified atom stereocenters. The molecule has 0 aliphatic carbocycles. The number of nitrogens with zero attached hydrogens (tertiary/aromatic N) is 1. The maximum Gasteiger partial charge on any atom is 0.513 e. The molecule has 4 nitrogen and oxygen atoms in total. The van der Waals surface area contributed by atoms with Crippen LogP contribution in [0.3, 0.4) is 0 Å². The van der Waals surface area contributed by atoms with E-state index in [2.05, 4.69) is 5.32 Å². The molecular formula is C8H17N2O2+. The zero-order valence-electron chi connectivity index (χ0n) is 7.55. The fourth-order valence-corrected chi connectivity index (χ4v) is 1.68. The van der Waals surface area contributed by atoms with E-state index < -0.39 is 6.09 Å². The van der Waals surface area contributed by atoms with Crippen LogP contribution in [0.1, 0.15) is 13.3 Å². The topological polar surface area (TPSA) is 49.3 Å². The summed E-state index contributed by atoms with van der Waals surface area (Å²) in [6, 6.07) is 0. The number of hydrogen-bond acceptors (Lipinski definition) is 2. The number of carboxylic acid groups (broad SMARTS) is 1. The van der Waals surface area contributed by atoms with Crippen molar-refractivity contribution in [3.63, 3.8) is 0 Å². The average Bonchev–Trinajstić information content (AvgIpc) is 2.29. The molecular weight excluding hydrogens is 156 g/mol. The Hall–Kier alpha value is -0.610. The zero-order chi connectivity index (χ0) is 9.03. The van der Waals surface area contributed by atoms with E-state index >= 15 is 0 Å². The first-order valence-electron chi connectivity index (χ1n) is 4.51. The van der Waals surface area contributed by atoms with Gasteiger partial charge in [-0.05, 0) is 6.92 Å². The Balaban J connectivity index is 2.68. The highest BCUT2D eigenvalue weighted by molar-refractivity contribution is 5.56. The Kier molecular flexibility index (Phi) is 3.05. The molecule has 1 heterocycles. The third kappa shape index (κ3) is 1.76. The molecule has 4 heteroatoms. The molecule has 0 bridgehead atoms. The van der Waals surface area contributed by atoms with E-state index in [4.69, 9.17) is 5.11 Å². The van der Waals surface area contributed by atoms with Gasteiger partial charge in [0.05, 0.1) is 13.1 Å². The van der Waals surface area contributed by atoms with E-state index in [1.54, 1.807) is 0 Å². The van der Waals surface area contributed by atoms with Gasteiger partial charge in [0.15, 0.2) is 0 Å². The van der Waals surface area contributed by atoms with Crippen LogP contribution in [-0.2, 0) is 0 Å². The van der Waals surface area contributed by atoms with Crippen molar-refractivity contribution in [3.8, 4) is 0 Å². The van der Waals surface area contributed by atoms with Gasteiger partial charge in [-0.1, -0.05) is 0 Å². The van der Waals surface area contributed by atoms with Crippen LogP contribution in [0.4, 0.5) is 4.79 Å². The fraction of sp³-hybridized carbons (Fsp3) is 0.875. The van der Waals surface area contributed by atoms with Crippen LogP contribution >= 0.6 is 0 Å². The number of rotatable bonds is 1. The van der Waals surface area contributed by atoms with Gasteiger partial charge in [0.1, 0.15) is 6.54 Å². The van der Waals surface area contributed by atoms with E-state index in [0.717, 1.165) is 26.1 Å². The van der Waals surface area contributed by atoms with Crippen molar-refractivity contribution in [1.29, 1.82) is 0 Å². The summed E-state index contributed by atoms with van der Waals surface area (Å²) < 4.78 is 0.229. The smallest absolute Gasteiger partial charge is 0.435 e. The standard InChI is InChI=1S/C8H16N2O2/c1-2-10(8(11)12)6-3-4-9-5-7-10/h9H,2-7H2,1H3/p+1. The van der Waals surface area contributed by atoms with Gasteiger partial charge in [-0.25, -0.2) is 4.48 Å². The summed E-state index contributed by atoms with van der Waals surface area (Å²) >= 11 is 0. The van der Waals surface area contributed by atoms with Gasteiger partial charge < -0.3 is 10.4 Å². The fourth-order valence-electron chi connectivity index (χ4n) is 1.68. The van der Waals surface area contributed by atoms with E-state index in [1.807, 2.05) is 6.92 Å². The first kappa shape index (κ1) is 9.48. The minimum atomic E-state index is -0.679. The molecule has 0 aromatic rings. The van der Waals surface area contributed by atoms with Gasteiger partial charge in [0.2, 0.25) is 0 Å². The molecule has 1 amide bonds. The van der Waals surface area contributed by atoms with Crippen molar-refractivity contribution in [3.05, 3.63) is 0 Å². The van der Waals surface area contributed by atoms with Crippen molar-refractivity contribution in [2.24, 2.45) is 0 Å². The first-order valence-corrected chi connectivity index (χ1v) is 4.51. The predicted molar refractivity (Wildman–Crippen MR) is 46.0 cm³/mol. The number of amides is 1. The summed E-state index contributed by atoms with van der Waals surface area (Å²) in [5, 5.41) is 12.3. The maximum atomic E-state index is 11.0. The summed E-state index contributed by atoms with van der Waals surface area (Å²) in [7, 11) is 0. The quantitative estimate of drug-likeness (QED) is 0.567. The number of carbonyl (C=O) groups is 1. The molecule has 1 fully saturated rings. The minimum absolute atomic E-state index is 0.229. The lowest BCUT2D eigenvalue weighted by atomic mass is 10.3. The first-order chi connectivity index (χ1) is 5.71. The minimum Gasteiger partial charge on any atom is -0.435 e. The Morgan fingerprint density at radius 3 is 2.83 bits per heavy atom. The van der Waals surface area contributed by atoms with Gasteiger partial charge in [-0.3, -0.25) is 0 Å². The summed E-state index contributed by atoms with van der Waals surface area (Å²) in [4.78, 5) is 11.0. The van der Waals surface area contributed by atoms with Gasteiger partial charge >= 0.3 is 6.09 Å². The molecule has 1 atom stereocenters. The lowest BCUT2D eigenvalue weighted by Crippen LogP contribution is -2.53. The van der Waals surface area contributed by atoms with Crippen molar-refractivity contribution in [1.82, 2.24) is 5.32 Å². The summed E-state index contributed by atoms with van der Waals surface area (Å²) in [6.07, 6.45) is 0.279. The normalized spacial score (nSPS) is 31.1. The van der Waals surface area contributed by atoms with E-state index in [1.165, 1.54) is 0 Å². The van der Waals surface area contributed by atoms with Crippen LogP contribution in [0.5, 0.6) is 0 Å². The average molecular weight is 173 g/mol. The molecule has 1 rings (SSSR count). The SMILES string of the molecule is CC[N+]1(C(=O)O)CCCNCC1. The van der Waals surface area contributed by atoms with E-state index in [-0.39, 0.29) is 4.48 Å². The van der Waals surface area contributed by atoms with Gasteiger partial charge in [0, 0.05) is 19.5 Å². The highest BCUT2D eigenvalue weighted by atomic mass is 16.4. The van der Waals surface area contributed by atoms with Crippen LogP contribution < -0.4 is 5.32 Å². The van der Waals surface area contributed by atoms with Gasteiger partial charge in [-0.15, -0.1) is 0 Å². The third-order valence-corrected chi connectivity index (χ3v) is 2.67. The maximum absolute atomic E-state index is 11.0. The summed E-state index contributed by atoms with van der Waals surface area (Å²) in [6.45, 7) is 5.88. The van der Waals surface area contributed by atoms with Crippen LogP contribution in [0.15, 0.2) is 0 Å². The molecule has 0 spiro atoms. The molecule has 1 aliphatic heterocycles. The monoisotopic (exact) mass is 173 g/mol. The molecule has 0 saturated carbocycles. The molecule has 1 aliphatic rings. The molecule has 1 saturated heterocycles. The number of quaternary nitrogens is 1. The lowest BCUT2D eigenvalue weighted by Gasteiger charge is -2.29. The number of likely N-dealkylation sites (N-methyl/N-ethyl adjacent to an activating group) is 1. The van der Waals surface area contributed by atoms with Crippen molar-refractivity contribution in [2.75, 3.05) is 32.7 Å². The second kappa shape index (κ2) is 3.87. The lowest BCUT2D eigenvalue weighted by molar-refractivity contribution is -0.853. The largest absolute Gasteiger partial charge is 0.513 e. The van der Waals surface area contributed by atoms with Crippen LogP contribution in [0.25, 0.3) is 0 Å². The summed E-state index contributed by atoms with van der Waals surface area (Å²) in [5.74, 6) is 0. The van der Waals surface area contributed by atoms with Gasteiger partial charge in [0.25, 0.3) is 0 Å². The number of nitrogens with one attached hydrogen (secondary N) is 1. The van der Waals surface area contributed by atoms with Crippen LogP contribution in [0, 0.1) is 0 Å². The molecule has 0 radical (unpaired) electrons. The molecule has 2 N–H and O–H groups in total. The van der Waals surface area contributed by atoms with E-state index in [9.17, 15) is 4.79 Å². The Morgan fingerprint density at radius 1 is 1.50 bits per heavy atom. The zero-order valence-corrected chi connectivity index (χ0v) is 7.55. The Bertz CT molecular complexity index is 162. The van der Waals surface area contributed by atoms with Crippen molar-refractivity contribution < 1.29 is 14.4 Å². The summed E-state index contributed by atoms with van der Waals surface area (Å²) in [5.41, 5.74) is 0. The second-order valence-electron chi connectivity index (χ2n) is 3.29. The second-order valence-corrected chi connectivity index (χ2v) is 3.29. The predicted octanol–water partition coefficient (Wildman–Crippen LogP) is 0.494. The van der Waals surface area contributed by atoms with Crippen LogP contribution in [-0.4, -0.2) is 48.4 Å². The highest BCUT2D eigenvalue weighted by Gasteiger charge is 2.35. The molecule has 70 valence electrons. The molecule has 12 heavy (non-hydrogen) atoms. The Morgan fingerprint density at radius 2 is 2.25 bits per heavy atom. The van der Waals surface area contributed by atoms with Crippen LogP contribution in [0.2, 0.25) is 0 Å². The Labute approximate surface area is 72.8 Å². The van der Waals surface area contributed by atoms with Crippen molar-refractivity contribution >= 4 is 6.09 Å². The van der Waals surface area contributed by atoms with Crippen molar-refractivity contribution in [2.45, 2.75) is 13.3 Å². The van der Waals surface area contributed by atoms with Gasteiger partial charge in [-0.2, -0.15) is 4.79 Å². The third-order valence-electron chi connectivity index (χ3n) is 2.67. The number of hydrogen-bond donors (Lipinski definition) is 2.